The van der Waals surface area contributed by atoms with Crippen molar-refractivity contribution in [2.24, 2.45) is 0 Å². The van der Waals surface area contributed by atoms with E-state index in [1.54, 1.807) is 32.2 Å². The third kappa shape index (κ3) is 5.27. The van der Waals surface area contributed by atoms with Gasteiger partial charge in [-0.05, 0) is 31.9 Å². The van der Waals surface area contributed by atoms with E-state index in [0.29, 0.717) is 22.3 Å². The fourth-order valence-corrected chi connectivity index (χ4v) is 2.73. The molecule has 0 spiro atoms. The molecule has 27 heavy (non-hydrogen) atoms. The predicted molar refractivity (Wildman–Crippen MR) is 116 cm³/mol. The molecule has 144 valence electrons. The zero-order chi connectivity index (χ0) is 21.0. The second-order valence-corrected chi connectivity index (χ2v) is 5.23. The standard InChI is InChI=1S/C22H25NO2.C2H6/c1-7-12-14-15(9-3)18(13-8-2)19-16(10-4)21(24)17(11-5)20(23-6)22(19)25;1-2/h7-14,23H,1,5H2,2-4,6H3;1-2H3/b13-8-,14-12-,15-9+,16-10-,19-18-;. The van der Waals surface area contributed by atoms with E-state index in [4.69, 9.17) is 0 Å². The molecule has 0 aromatic heterocycles. The van der Waals surface area contributed by atoms with Gasteiger partial charge in [0.05, 0.1) is 5.70 Å². The number of nitrogens with one attached hydrogen (secondary N) is 1. The van der Waals surface area contributed by atoms with Gasteiger partial charge in [0.1, 0.15) is 0 Å². The Bertz CT molecular complexity index is 781. The summed E-state index contributed by atoms with van der Waals surface area (Å²) >= 11 is 0. The van der Waals surface area contributed by atoms with Gasteiger partial charge < -0.3 is 5.32 Å². The highest BCUT2D eigenvalue weighted by Crippen LogP contribution is 2.33. The minimum atomic E-state index is -0.218. The molecule has 0 unspecified atom stereocenters. The van der Waals surface area contributed by atoms with Crippen LogP contribution in [0.15, 0.2) is 95.3 Å². The molecule has 1 aliphatic rings. The Balaban J connectivity index is 0.00000326. The van der Waals surface area contributed by atoms with Crippen molar-refractivity contribution in [3.05, 3.63) is 95.3 Å². The van der Waals surface area contributed by atoms with Crippen LogP contribution in [0.5, 0.6) is 0 Å². The number of likely N-dealkylation sites (N-methyl/N-ethyl adjacent to an activating group) is 1. The summed E-state index contributed by atoms with van der Waals surface area (Å²) in [5, 5.41) is 2.86. The molecule has 0 saturated heterocycles. The number of hydrogen-bond acceptors (Lipinski definition) is 3. The van der Waals surface area contributed by atoms with Crippen LogP contribution in [-0.2, 0) is 9.59 Å². The van der Waals surface area contributed by atoms with Gasteiger partial charge in [0.2, 0.25) is 5.78 Å². The molecular formula is C24H31NO2. The molecule has 1 aliphatic carbocycles. The van der Waals surface area contributed by atoms with Crippen molar-refractivity contribution in [3.63, 3.8) is 0 Å². The largest absolute Gasteiger partial charge is 0.384 e. The molecule has 0 amide bonds. The van der Waals surface area contributed by atoms with Crippen LogP contribution in [0.1, 0.15) is 34.6 Å². The lowest BCUT2D eigenvalue weighted by Gasteiger charge is -2.23. The number of hydrogen-bond donors (Lipinski definition) is 1. The molecule has 0 fully saturated rings. The highest BCUT2D eigenvalue weighted by Gasteiger charge is 2.34. The molecule has 3 heteroatoms. The molecule has 0 heterocycles. The van der Waals surface area contributed by atoms with Crippen LogP contribution < -0.4 is 5.32 Å². The van der Waals surface area contributed by atoms with Gasteiger partial charge in [-0.2, -0.15) is 0 Å². The van der Waals surface area contributed by atoms with Gasteiger partial charge >= 0.3 is 0 Å². The average molecular weight is 366 g/mol. The van der Waals surface area contributed by atoms with Crippen molar-refractivity contribution >= 4 is 11.6 Å². The van der Waals surface area contributed by atoms with Gasteiger partial charge in [-0.25, -0.2) is 0 Å². The van der Waals surface area contributed by atoms with E-state index in [-0.39, 0.29) is 17.3 Å². The first-order chi connectivity index (χ1) is 13.0. The molecule has 0 aliphatic heterocycles. The van der Waals surface area contributed by atoms with E-state index in [2.05, 4.69) is 18.5 Å². The lowest BCUT2D eigenvalue weighted by Crippen LogP contribution is -2.31. The maximum absolute atomic E-state index is 13.1. The van der Waals surface area contributed by atoms with E-state index in [1.165, 1.54) is 6.08 Å². The van der Waals surface area contributed by atoms with Crippen LogP contribution in [0.2, 0.25) is 0 Å². The van der Waals surface area contributed by atoms with Gasteiger partial charge in [0, 0.05) is 23.8 Å². The Morgan fingerprint density at radius 2 is 1.63 bits per heavy atom. The molecule has 0 aromatic carbocycles. The highest BCUT2D eigenvalue weighted by molar-refractivity contribution is 6.30. The molecule has 1 rings (SSSR count). The van der Waals surface area contributed by atoms with Crippen LogP contribution in [0.4, 0.5) is 0 Å². The Hall–Kier alpha value is -2.94. The molecule has 0 radical (unpaired) electrons. The van der Waals surface area contributed by atoms with Crippen LogP contribution in [-0.4, -0.2) is 18.6 Å². The fraction of sp³-hybridized carbons (Fsp3) is 0.250. The van der Waals surface area contributed by atoms with Gasteiger partial charge in [0.15, 0.2) is 5.78 Å². The van der Waals surface area contributed by atoms with Crippen molar-refractivity contribution < 1.29 is 9.59 Å². The zero-order valence-electron chi connectivity index (χ0n) is 17.3. The topological polar surface area (TPSA) is 46.2 Å². The summed E-state index contributed by atoms with van der Waals surface area (Å²) in [6.45, 7) is 16.9. The first-order valence-electron chi connectivity index (χ1n) is 9.15. The van der Waals surface area contributed by atoms with Crippen molar-refractivity contribution in [1.29, 1.82) is 0 Å². The summed E-state index contributed by atoms with van der Waals surface area (Å²) in [4.78, 5) is 26.0. The summed E-state index contributed by atoms with van der Waals surface area (Å²) in [7, 11) is 1.63. The minimum Gasteiger partial charge on any atom is -0.384 e. The van der Waals surface area contributed by atoms with Crippen LogP contribution in [0.3, 0.4) is 0 Å². The number of carbonyl (C=O) groups is 2. The first kappa shape index (κ1) is 24.1. The quantitative estimate of drug-likeness (QED) is 0.511. The Morgan fingerprint density at radius 3 is 2.04 bits per heavy atom. The molecule has 1 N–H and O–H groups in total. The summed E-state index contributed by atoms with van der Waals surface area (Å²) in [6.07, 6.45) is 14.0. The average Bonchev–Trinajstić information content (AvgIpc) is 2.70. The summed E-state index contributed by atoms with van der Waals surface area (Å²) < 4.78 is 0. The Labute approximate surface area is 163 Å². The summed E-state index contributed by atoms with van der Waals surface area (Å²) in [6, 6.07) is 0. The zero-order valence-corrected chi connectivity index (χ0v) is 17.3. The van der Waals surface area contributed by atoms with Gasteiger partial charge in [-0.1, -0.05) is 75.6 Å². The Morgan fingerprint density at radius 1 is 1.00 bits per heavy atom. The van der Waals surface area contributed by atoms with E-state index in [1.807, 2.05) is 52.0 Å². The molecule has 0 aromatic rings. The number of ketones is 2. The Kier molecular flexibility index (Phi) is 11.1. The van der Waals surface area contributed by atoms with Crippen molar-refractivity contribution in [2.75, 3.05) is 7.05 Å². The molecule has 0 atom stereocenters. The number of Topliss-reactive ketones (excluding diaryl/α,β-unsaturated/α-hetero) is 2. The van der Waals surface area contributed by atoms with Crippen molar-refractivity contribution in [3.8, 4) is 0 Å². The lowest BCUT2D eigenvalue weighted by atomic mass is 9.80. The number of allylic oxidation sites excluding steroid dienone is 13. The van der Waals surface area contributed by atoms with E-state index < -0.39 is 0 Å². The van der Waals surface area contributed by atoms with E-state index in [9.17, 15) is 9.59 Å². The third-order valence-electron chi connectivity index (χ3n) is 3.86. The lowest BCUT2D eigenvalue weighted by molar-refractivity contribution is -0.116. The maximum Gasteiger partial charge on any atom is 0.210 e. The monoisotopic (exact) mass is 365 g/mol. The number of rotatable bonds is 6. The van der Waals surface area contributed by atoms with E-state index in [0.717, 1.165) is 5.57 Å². The normalized spacial score (nSPS) is 18.7. The summed E-state index contributed by atoms with van der Waals surface area (Å²) in [5.74, 6) is -0.425. The first-order valence-corrected chi connectivity index (χ1v) is 9.15. The molecule has 0 saturated carbocycles. The predicted octanol–water partition coefficient (Wildman–Crippen LogP) is 5.33. The minimum absolute atomic E-state index is 0.207. The second-order valence-electron chi connectivity index (χ2n) is 5.23. The van der Waals surface area contributed by atoms with Crippen molar-refractivity contribution in [1.82, 2.24) is 5.32 Å². The highest BCUT2D eigenvalue weighted by atomic mass is 16.1. The molecule has 3 nitrogen and oxygen atoms in total. The smallest absolute Gasteiger partial charge is 0.210 e. The molecule has 0 bridgehead atoms. The van der Waals surface area contributed by atoms with Crippen molar-refractivity contribution in [2.45, 2.75) is 34.6 Å². The van der Waals surface area contributed by atoms with Crippen LogP contribution >= 0.6 is 0 Å². The number of carbonyl (C=O) groups excluding carboxylic acids is 2. The van der Waals surface area contributed by atoms with E-state index >= 15 is 0 Å². The fourth-order valence-electron chi connectivity index (χ4n) is 2.73. The summed E-state index contributed by atoms with van der Waals surface area (Å²) in [5.41, 5.74) is 2.88. The van der Waals surface area contributed by atoms with Gasteiger partial charge in [-0.15, -0.1) is 0 Å². The van der Waals surface area contributed by atoms with Gasteiger partial charge in [0.25, 0.3) is 0 Å². The second kappa shape index (κ2) is 12.4. The third-order valence-corrected chi connectivity index (χ3v) is 3.86. The van der Waals surface area contributed by atoms with Gasteiger partial charge in [-0.3, -0.25) is 9.59 Å². The van der Waals surface area contributed by atoms with Crippen LogP contribution in [0, 0.1) is 0 Å². The SMILES string of the molecule is C=C\C=C/C(=C\C)C(/C=C\C)=C1\C(=O)C(NC)=C(C=C)C(=O)\C1=C/C.CC. The molecular weight excluding hydrogens is 334 g/mol. The van der Waals surface area contributed by atoms with Crippen LogP contribution in [0.25, 0.3) is 0 Å². The maximum atomic E-state index is 13.1.